The van der Waals surface area contributed by atoms with Crippen LogP contribution in [0.1, 0.15) is 5.56 Å². The monoisotopic (exact) mass is 282 g/mol. The molecule has 0 radical (unpaired) electrons. The first-order chi connectivity index (χ1) is 9.93. The van der Waals surface area contributed by atoms with Crippen molar-refractivity contribution in [1.82, 2.24) is 15.3 Å². The number of hydrogen-bond donors (Lipinski definition) is 1. The molecule has 3 aromatic rings. The van der Waals surface area contributed by atoms with Crippen LogP contribution in [0.2, 0.25) is 0 Å². The molecule has 20 heavy (non-hydrogen) atoms. The first-order valence-electron chi connectivity index (χ1n) is 6.68. The highest BCUT2D eigenvalue weighted by Crippen LogP contribution is 2.33. The maximum absolute atomic E-state index is 4.54. The quantitative estimate of drug-likeness (QED) is 0.745. The second kappa shape index (κ2) is 4.85. The molecule has 0 saturated carbocycles. The Bertz CT molecular complexity index is 752. The van der Waals surface area contributed by atoms with E-state index in [0.717, 1.165) is 35.7 Å². The Balaban J connectivity index is 1.91. The molecule has 0 aliphatic carbocycles. The topological polar surface area (TPSA) is 41.0 Å². The van der Waals surface area contributed by atoms with Gasteiger partial charge in [-0.1, -0.05) is 18.2 Å². The van der Waals surface area contributed by atoms with Gasteiger partial charge in [-0.05, 0) is 23.1 Å². The highest BCUT2D eigenvalue weighted by Gasteiger charge is 2.19. The van der Waals surface area contributed by atoms with Crippen LogP contribution >= 0.6 is 11.3 Å². The lowest BCUT2D eigenvalue weighted by Crippen LogP contribution is -2.25. The van der Waals surface area contributed by atoms with E-state index < -0.39 is 0 Å². The molecule has 2 aromatic heterocycles. The van der Waals surface area contributed by atoms with E-state index in [1.54, 1.807) is 17.7 Å². The fourth-order valence-electron chi connectivity index (χ4n) is 2.67. The average molecular weight is 282 g/mol. The maximum atomic E-state index is 4.54. The number of para-hydroxylation sites is 1. The summed E-state index contributed by atoms with van der Waals surface area (Å²) in [6.07, 6.45) is 1.66. The number of thiophene rings is 1. The zero-order valence-corrected chi connectivity index (χ0v) is 11.7. The van der Waals surface area contributed by atoms with Gasteiger partial charge in [-0.2, -0.15) is 0 Å². The lowest BCUT2D eigenvalue weighted by molar-refractivity contribution is 0.711. The van der Waals surface area contributed by atoms with Gasteiger partial charge in [0.2, 0.25) is 0 Å². The summed E-state index contributed by atoms with van der Waals surface area (Å²) in [5.41, 5.74) is 2.55. The molecular weight excluding hydrogens is 268 g/mol. The van der Waals surface area contributed by atoms with Crippen molar-refractivity contribution < 1.29 is 0 Å². The van der Waals surface area contributed by atoms with Gasteiger partial charge in [0.05, 0.1) is 5.39 Å². The Labute approximate surface area is 121 Å². The third-order valence-electron chi connectivity index (χ3n) is 3.61. The zero-order chi connectivity index (χ0) is 13.4. The summed E-state index contributed by atoms with van der Waals surface area (Å²) in [6.45, 7) is 2.77. The van der Waals surface area contributed by atoms with E-state index in [9.17, 15) is 0 Å². The summed E-state index contributed by atoms with van der Waals surface area (Å²) in [5.74, 6) is 1.01. The summed E-state index contributed by atoms with van der Waals surface area (Å²) < 4.78 is 0. The number of benzene rings is 1. The molecule has 5 heteroatoms. The van der Waals surface area contributed by atoms with Crippen molar-refractivity contribution in [2.75, 3.05) is 18.0 Å². The third-order valence-corrected chi connectivity index (χ3v) is 4.43. The number of aromatic nitrogens is 2. The summed E-state index contributed by atoms with van der Waals surface area (Å²) in [6, 6.07) is 10.6. The molecule has 1 aromatic carbocycles. The lowest BCUT2D eigenvalue weighted by atomic mass is 10.1. The van der Waals surface area contributed by atoms with Crippen LogP contribution in [-0.4, -0.2) is 23.1 Å². The molecule has 1 N–H and O–H groups in total. The molecular formula is C15H14N4S. The Morgan fingerprint density at radius 2 is 2.10 bits per heavy atom. The van der Waals surface area contributed by atoms with Crippen LogP contribution in [0.3, 0.4) is 0 Å². The van der Waals surface area contributed by atoms with Gasteiger partial charge in [-0.25, -0.2) is 9.97 Å². The minimum atomic E-state index is 0.907. The first-order valence-corrected chi connectivity index (χ1v) is 7.56. The van der Waals surface area contributed by atoms with E-state index in [0.29, 0.717) is 0 Å². The van der Waals surface area contributed by atoms with Crippen LogP contribution < -0.4 is 10.2 Å². The van der Waals surface area contributed by atoms with Gasteiger partial charge in [-0.3, -0.25) is 0 Å². The van der Waals surface area contributed by atoms with Crippen LogP contribution in [0.25, 0.3) is 10.2 Å². The predicted molar refractivity (Wildman–Crippen MR) is 82.6 cm³/mol. The number of nitrogens with zero attached hydrogens (tertiary/aromatic N) is 3. The van der Waals surface area contributed by atoms with E-state index in [1.807, 2.05) is 0 Å². The molecule has 0 atom stereocenters. The Kier molecular flexibility index (Phi) is 2.86. The minimum Gasteiger partial charge on any atom is -0.324 e. The van der Waals surface area contributed by atoms with E-state index in [4.69, 9.17) is 0 Å². The van der Waals surface area contributed by atoms with Crippen molar-refractivity contribution in [3.05, 3.63) is 47.6 Å². The van der Waals surface area contributed by atoms with Gasteiger partial charge in [0.25, 0.3) is 0 Å². The third kappa shape index (κ3) is 1.87. The Hall–Kier alpha value is -1.98. The SMILES string of the molecule is c1ccc2c(c1)CNCCN2c1ncnc2sccc12. The number of fused-ring (bicyclic) bond motifs is 2. The van der Waals surface area contributed by atoms with E-state index >= 15 is 0 Å². The highest BCUT2D eigenvalue weighted by molar-refractivity contribution is 7.16. The van der Waals surface area contributed by atoms with Gasteiger partial charge in [0, 0.05) is 25.3 Å². The zero-order valence-electron chi connectivity index (χ0n) is 10.9. The lowest BCUT2D eigenvalue weighted by Gasteiger charge is -2.23. The Morgan fingerprint density at radius 3 is 3.10 bits per heavy atom. The molecule has 4 nitrogen and oxygen atoms in total. The summed E-state index contributed by atoms with van der Waals surface area (Å²) >= 11 is 1.66. The second-order valence-corrected chi connectivity index (χ2v) is 5.69. The van der Waals surface area contributed by atoms with Crippen LogP contribution in [0.5, 0.6) is 0 Å². The fraction of sp³-hybridized carbons (Fsp3) is 0.200. The number of hydrogen-bond acceptors (Lipinski definition) is 5. The largest absolute Gasteiger partial charge is 0.324 e. The van der Waals surface area contributed by atoms with Gasteiger partial charge in [-0.15, -0.1) is 11.3 Å². The van der Waals surface area contributed by atoms with Gasteiger partial charge < -0.3 is 10.2 Å². The van der Waals surface area contributed by atoms with Crippen molar-refractivity contribution in [3.8, 4) is 0 Å². The second-order valence-electron chi connectivity index (χ2n) is 4.79. The van der Waals surface area contributed by atoms with Crippen molar-refractivity contribution >= 4 is 33.1 Å². The molecule has 0 bridgehead atoms. The summed E-state index contributed by atoms with van der Waals surface area (Å²) in [5, 5.41) is 6.67. The molecule has 3 heterocycles. The van der Waals surface area contributed by atoms with Crippen LogP contribution in [0.4, 0.5) is 11.5 Å². The van der Waals surface area contributed by atoms with Gasteiger partial charge in [0.15, 0.2) is 0 Å². The fourth-order valence-corrected chi connectivity index (χ4v) is 3.40. The van der Waals surface area contributed by atoms with Crippen molar-refractivity contribution in [3.63, 3.8) is 0 Å². The van der Waals surface area contributed by atoms with E-state index in [2.05, 4.69) is 55.9 Å². The highest BCUT2D eigenvalue weighted by atomic mass is 32.1. The molecule has 1 aliphatic rings. The molecule has 0 spiro atoms. The molecule has 0 saturated heterocycles. The van der Waals surface area contributed by atoms with Crippen LogP contribution in [-0.2, 0) is 6.54 Å². The maximum Gasteiger partial charge on any atom is 0.145 e. The summed E-state index contributed by atoms with van der Waals surface area (Å²) in [7, 11) is 0. The molecule has 0 unspecified atom stereocenters. The molecule has 0 fully saturated rings. The molecule has 4 rings (SSSR count). The van der Waals surface area contributed by atoms with Crippen molar-refractivity contribution in [1.29, 1.82) is 0 Å². The average Bonchev–Trinajstić information content (AvgIpc) is 2.87. The number of rotatable bonds is 1. The predicted octanol–water partition coefficient (Wildman–Crippen LogP) is 2.93. The van der Waals surface area contributed by atoms with E-state index in [1.165, 1.54) is 11.3 Å². The molecule has 100 valence electrons. The smallest absolute Gasteiger partial charge is 0.145 e. The summed E-state index contributed by atoms with van der Waals surface area (Å²) in [4.78, 5) is 12.2. The van der Waals surface area contributed by atoms with E-state index in [-0.39, 0.29) is 0 Å². The molecule has 1 aliphatic heterocycles. The minimum absolute atomic E-state index is 0.907. The first kappa shape index (κ1) is 11.8. The van der Waals surface area contributed by atoms with Crippen molar-refractivity contribution in [2.45, 2.75) is 6.54 Å². The number of anilines is 2. The van der Waals surface area contributed by atoms with Crippen LogP contribution in [0.15, 0.2) is 42.0 Å². The normalized spacial score (nSPS) is 15.1. The van der Waals surface area contributed by atoms with Crippen LogP contribution in [0, 0.1) is 0 Å². The Morgan fingerprint density at radius 1 is 1.15 bits per heavy atom. The van der Waals surface area contributed by atoms with Gasteiger partial charge in [0.1, 0.15) is 17.0 Å². The number of nitrogens with one attached hydrogen (secondary N) is 1. The molecule has 0 amide bonds. The standard InChI is InChI=1S/C15H14N4S/c1-2-4-13-11(3-1)9-16-6-7-19(13)14-12-5-8-20-15(12)18-10-17-14/h1-5,8,10,16H,6-7,9H2. The van der Waals surface area contributed by atoms with Crippen molar-refractivity contribution in [2.24, 2.45) is 0 Å². The van der Waals surface area contributed by atoms with Gasteiger partial charge >= 0.3 is 0 Å².